The van der Waals surface area contributed by atoms with Crippen LogP contribution in [-0.2, 0) is 4.79 Å². The van der Waals surface area contributed by atoms with E-state index in [1.54, 1.807) is 0 Å². The van der Waals surface area contributed by atoms with E-state index in [1.165, 1.54) is 0 Å². The van der Waals surface area contributed by atoms with Gasteiger partial charge in [-0.05, 0) is 17.3 Å². The van der Waals surface area contributed by atoms with Crippen LogP contribution < -0.4 is 11.1 Å². The second kappa shape index (κ2) is 3.87. The van der Waals surface area contributed by atoms with Crippen LogP contribution >= 0.6 is 0 Å². The largest absolute Gasteiger partial charge is 0.368 e. The van der Waals surface area contributed by atoms with Gasteiger partial charge >= 0.3 is 0 Å². The monoisotopic (exact) mass is 203 g/mol. The lowest BCUT2D eigenvalue weighted by Gasteiger charge is -2.04. The Morgan fingerprint density at radius 1 is 1.33 bits per heavy atom. The number of rotatable bonds is 3. The normalized spacial score (nSPS) is 10.1. The van der Waals surface area contributed by atoms with Gasteiger partial charge in [0.1, 0.15) is 0 Å². The molecule has 6 nitrogen and oxygen atoms in total. The molecule has 0 fully saturated rings. The Kier molecular flexibility index (Phi) is 2.40. The van der Waals surface area contributed by atoms with Crippen molar-refractivity contribution in [1.29, 1.82) is 0 Å². The number of anilines is 1. The van der Waals surface area contributed by atoms with Crippen molar-refractivity contribution in [2.24, 2.45) is 5.73 Å². The highest BCUT2D eigenvalue weighted by molar-refractivity contribution is 5.89. The zero-order valence-electron chi connectivity index (χ0n) is 7.84. The predicted molar refractivity (Wildman–Crippen MR) is 55.0 cm³/mol. The SMILES string of the molecule is NC(=O)CNc1nnnc2ccccc12. The van der Waals surface area contributed by atoms with E-state index >= 15 is 0 Å². The quantitative estimate of drug-likeness (QED) is 0.727. The Hall–Kier alpha value is -2.24. The molecule has 0 saturated heterocycles. The van der Waals surface area contributed by atoms with Crippen molar-refractivity contribution in [2.45, 2.75) is 0 Å². The molecular formula is C9H9N5O. The van der Waals surface area contributed by atoms with Crippen LogP contribution in [0.1, 0.15) is 0 Å². The van der Waals surface area contributed by atoms with Crippen LogP contribution in [-0.4, -0.2) is 27.9 Å². The topological polar surface area (TPSA) is 93.8 Å². The Morgan fingerprint density at radius 2 is 2.13 bits per heavy atom. The van der Waals surface area contributed by atoms with Gasteiger partial charge in [0.25, 0.3) is 0 Å². The first kappa shape index (κ1) is 9.32. The van der Waals surface area contributed by atoms with Crippen LogP contribution in [0.15, 0.2) is 24.3 Å². The lowest BCUT2D eigenvalue weighted by atomic mass is 10.2. The van der Waals surface area contributed by atoms with Crippen LogP contribution in [0.25, 0.3) is 10.9 Å². The summed E-state index contributed by atoms with van der Waals surface area (Å²) in [6, 6.07) is 7.38. The van der Waals surface area contributed by atoms with E-state index < -0.39 is 5.91 Å². The van der Waals surface area contributed by atoms with E-state index in [0.29, 0.717) is 5.82 Å². The van der Waals surface area contributed by atoms with Gasteiger partial charge in [-0.3, -0.25) is 4.79 Å². The molecule has 0 aliphatic heterocycles. The lowest BCUT2D eigenvalue weighted by Crippen LogP contribution is -2.22. The molecular weight excluding hydrogens is 194 g/mol. The van der Waals surface area contributed by atoms with Gasteiger partial charge in [-0.25, -0.2) is 0 Å². The van der Waals surface area contributed by atoms with E-state index in [1.807, 2.05) is 24.3 Å². The van der Waals surface area contributed by atoms with Crippen molar-refractivity contribution >= 4 is 22.6 Å². The molecule has 6 heteroatoms. The Labute approximate surface area is 85.5 Å². The maximum atomic E-state index is 10.6. The summed E-state index contributed by atoms with van der Waals surface area (Å²) in [6.07, 6.45) is 0. The number of fused-ring (bicyclic) bond motifs is 1. The average Bonchev–Trinajstić information content (AvgIpc) is 2.26. The van der Waals surface area contributed by atoms with E-state index in [4.69, 9.17) is 5.73 Å². The molecule has 0 atom stereocenters. The third-order valence-corrected chi connectivity index (χ3v) is 1.89. The summed E-state index contributed by atoms with van der Waals surface area (Å²) in [5, 5.41) is 14.8. The maximum absolute atomic E-state index is 10.6. The second-order valence-electron chi connectivity index (χ2n) is 2.98. The summed E-state index contributed by atoms with van der Waals surface area (Å²) in [4.78, 5) is 10.6. The van der Waals surface area contributed by atoms with Gasteiger partial charge in [0, 0.05) is 5.39 Å². The third kappa shape index (κ3) is 1.98. The molecule has 1 aromatic heterocycles. The molecule has 15 heavy (non-hydrogen) atoms. The van der Waals surface area contributed by atoms with Crippen molar-refractivity contribution in [3.8, 4) is 0 Å². The number of aromatic nitrogens is 3. The first-order valence-electron chi connectivity index (χ1n) is 4.37. The number of benzene rings is 1. The molecule has 2 rings (SSSR count). The summed E-state index contributed by atoms with van der Waals surface area (Å²) in [5.74, 6) is 0.0668. The van der Waals surface area contributed by atoms with Gasteiger partial charge in [-0.2, -0.15) is 0 Å². The summed E-state index contributed by atoms with van der Waals surface area (Å²) < 4.78 is 0. The molecule has 0 aliphatic rings. The minimum Gasteiger partial charge on any atom is -0.368 e. The number of primary amides is 1. The minimum atomic E-state index is -0.447. The second-order valence-corrected chi connectivity index (χ2v) is 2.98. The molecule has 1 amide bonds. The van der Waals surface area contributed by atoms with Gasteiger partial charge in [0.15, 0.2) is 5.82 Å². The van der Waals surface area contributed by atoms with Gasteiger partial charge in [-0.1, -0.05) is 12.1 Å². The predicted octanol–water partition coefficient (Wildman–Crippen LogP) is -0.0780. The zero-order chi connectivity index (χ0) is 10.7. The molecule has 0 saturated carbocycles. The third-order valence-electron chi connectivity index (χ3n) is 1.89. The number of hydrogen-bond donors (Lipinski definition) is 2. The number of nitrogens with one attached hydrogen (secondary N) is 1. The molecule has 1 aromatic carbocycles. The molecule has 1 heterocycles. The minimum absolute atomic E-state index is 0.0304. The van der Waals surface area contributed by atoms with Gasteiger partial charge in [0.2, 0.25) is 5.91 Å². The number of amides is 1. The zero-order valence-corrected chi connectivity index (χ0v) is 7.84. The van der Waals surface area contributed by atoms with Crippen molar-refractivity contribution in [3.05, 3.63) is 24.3 Å². The summed E-state index contributed by atoms with van der Waals surface area (Å²) >= 11 is 0. The van der Waals surface area contributed by atoms with Crippen molar-refractivity contribution < 1.29 is 4.79 Å². The van der Waals surface area contributed by atoms with Crippen LogP contribution in [0.5, 0.6) is 0 Å². The fourth-order valence-corrected chi connectivity index (χ4v) is 1.23. The molecule has 0 bridgehead atoms. The first-order valence-corrected chi connectivity index (χ1v) is 4.37. The highest BCUT2D eigenvalue weighted by atomic mass is 16.1. The van der Waals surface area contributed by atoms with Gasteiger partial charge in [-0.15, -0.1) is 10.2 Å². The standard InChI is InChI=1S/C9H9N5O/c10-8(15)5-11-9-6-3-1-2-4-7(6)12-14-13-9/h1-4H,5H2,(H2,10,15)(H,11,12,13). The van der Waals surface area contributed by atoms with E-state index in [0.717, 1.165) is 10.9 Å². The lowest BCUT2D eigenvalue weighted by molar-refractivity contribution is -0.116. The molecule has 0 aliphatic carbocycles. The smallest absolute Gasteiger partial charge is 0.236 e. The number of carbonyl (C=O) groups excluding carboxylic acids is 1. The van der Waals surface area contributed by atoms with Gasteiger partial charge in [0.05, 0.1) is 12.1 Å². The number of carbonyl (C=O) groups is 1. The molecule has 2 aromatic rings. The number of nitrogens with zero attached hydrogens (tertiary/aromatic N) is 3. The van der Waals surface area contributed by atoms with Crippen LogP contribution in [0, 0.1) is 0 Å². The Morgan fingerprint density at radius 3 is 2.93 bits per heavy atom. The molecule has 0 spiro atoms. The highest BCUT2D eigenvalue weighted by Crippen LogP contribution is 2.16. The molecule has 0 radical (unpaired) electrons. The number of hydrogen-bond acceptors (Lipinski definition) is 5. The first-order chi connectivity index (χ1) is 7.27. The van der Waals surface area contributed by atoms with E-state index in [-0.39, 0.29) is 6.54 Å². The summed E-state index contributed by atoms with van der Waals surface area (Å²) in [7, 11) is 0. The molecule has 3 N–H and O–H groups in total. The highest BCUT2D eigenvalue weighted by Gasteiger charge is 2.03. The van der Waals surface area contributed by atoms with Gasteiger partial charge < -0.3 is 11.1 Å². The summed E-state index contributed by atoms with van der Waals surface area (Å²) in [5.41, 5.74) is 5.74. The van der Waals surface area contributed by atoms with Crippen molar-refractivity contribution in [2.75, 3.05) is 11.9 Å². The van der Waals surface area contributed by atoms with Crippen LogP contribution in [0.2, 0.25) is 0 Å². The van der Waals surface area contributed by atoms with E-state index in [2.05, 4.69) is 20.7 Å². The Balaban J connectivity index is 2.38. The fourth-order valence-electron chi connectivity index (χ4n) is 1.23. The number of nitrogens with two attached hydrogens (primary N) is 1. The Bertz CT molecular complexity index is 493. The van der Waals surface area contributed by atoms with Crippen LogP contribution in [0.4, 0.5) is 5.82 Å². The van der Waals surface area contributed by atoms with E-state index in [9.17, 15) is 4.79 Å². The summed E-state index contributed by atoms with van der Waals surface area (Å²) in [6.45, 7) is 0.0304. The van der Waals surface area contributed by atoms with Crippen molar-refractivity contribution in [3.63, 3.8) is 0 Å². The van der Waals surface area contributed by atoms with Crippen molar-refractivity contribution in [1.82, 2.24) is 15.4 Å². The molecule has 76 valence electrons. The fraction of sp³-hybridized carbons (Fsp3) is 0.111. The average molecular weight is 203 g/mol. The van der Waals surface area contributed by atoms with Crippen LogP contribution in [0.3, 0.4) is 0 Å². The maximum Gasteiger partial charge on any atom is 0.236 e. The molecule has 0 unspecified atom stereocenters.